The van der Waals surface area contributed by atoms with Crippen LogP contribution in [0.1, 0.15) is 5.56 Å². The third kappa shape index (κ3) is 2.78. The van der Waals surface area contributed by atoms with Crippen LogP contribution in [0.2, 0.25) is 0 Å². The maximum atomic E-state index is 5.75. The van der Waals surface area contributed by atoms with E-state index in [4.69, 9.17) is 5.73 Å². The highest BCUT2D eigenvalue weighted by Gasteiger charge is 1.98. The number of H-pyrrole nitrogens is 1. The van der Waals surface area contributed by atoms with Crippen LogP contribution in [0.4, 0.5) is 5.95 Å². The van der Waals surface area contributed by atoms with E-state index < -0.39 is 0 Å². The summed E-state index contributed by atoms with van der Waals surface area (Å²) in [4.78, 5) is 7.90. The van der Waals surface area contributed by atoms with Crippen molar-refractivity contribution in [2.45, 2.75) is 0 Å². The Kier molecular flexibility index (Phi) is 3.82. The van der Waals surface area contributed by atoms with Gasteiger partial charge in [-0.25, -0.2) is 5.10 Å². The van der Waals surface area contributed by atoms with Gasteiger partial charge in [0.05, 0.1) is 0 Å². The molecule has 0 spiro atoms. The summed E-state index contributed by atoms with van der Waals surface area (Å²) < 4.78 is 0. The maximum absolute atomic E-state index is 5.75. The number of rotatable bonds is 2. The van der Waals surface area contributed by atoms with Crippen molar-refractivity contribution in [1.82, 2.24) is 15.2 Å². The monoisotopic (exact) mass is 223 g/mol. The lowest BCUT2D eigenvalue weighted by atomic mass is 10.2. The van der Waals surface area contributed by atoms with Crippen LogP contribution in [0.15, 0.2) is 41.7 Å². The van der Waals surface area contributed by atoms with Gasteiger partial charge >= 0.3 is 0 Å². The van der Waals surface area contributed by atoms with Crippen molar-refractivity contribution in [3.8, 4) is 0 Å². The molecule has 1 aromatic heterocycles. The van der Waals surface area contributed by atoms with Gasteiger partial charge in [-0.15, -0.1) is 12.4 Å². The smallest absolute Gasteiger partial charge is 0.247 e. The predicted molar refractivity (Wildman–Crippen MR) is 60.5 cm³/mol. The van der Waals surface area contributed by atoms with Crippen LogP contribution in [-0.2, 0) is 0 Å². The molecule has 15 heavy (non-hydrogen) atoms. The molecule has 3 N–H and O–H groups in total. The average Bonchev–Trinajstić information content (AvgIpc) is 2.72. The molecule has 0 bridgehead atoms. The lowest BCUT2D eigenvalue weighted by Crippen LogP contribution is -2.12. The fourth-order valence-corrected chi connectivity index (χ4v) is 1.04. The van der Waals surface area contributed by atoms with Gasteiger partial charge in [0.15, 0.2) is 0 Å². The number of aromatic nitrogens is 3. The van der Waals surface area contributed by atoms with Crippen LogP contribution < -0.4 is 5.73 Å². The molecule has 2 rings (SSSR count). The molecule has 0 saturated carbocycles. The first kappa shape index (κ1) is 11.2. The molecule has 1 heterocycles. The number of aliphatic imine (C=N–C) groups is 1. The molecular weight excluding hydrogens is 214 g/mol. The van der Waals surface area contributed by atoms with E-state index in [1.165, 1.54) is 6.33 Å². The Balaban J connectivity index is 0.00000112. The molecule has 0 aliphatic rings. The molecule has 0 aliphatic heterocycles. The summed E-state index contributed by atoms with van der Waals surface area (Å²) in [5, 5.41) is 6.28. The lowest BCUT2D eigenvalue weighted by Gasteiger charge is -1.97. The van der Waals surface area contributed by atoms with Crippen LogP contribution in [-0.4, -0.2) is 21.0 Å². The van der Waals surface area contributed by atoms with E-state index in [0.29, 0.717) is 11.8 Å². The van der Waals surface area contributed by atoms with E-state index in [-0.39, 0.29) is 12.4 Å². The Morgan fingerprint density at radius 3 is 2.60 bits per heavy atom. The Morgan fingerprint density at radius 2 is 2.00 bits per heavy atom. The van der Waals surface area contributed by atoms with Gasteiger partial charge in [-0.3, -0.25) is 0 Å². The highest BCUT2D eigenvalue weighted by molar-refractivity contribution is 5.98. The van der Waals surface area contributed by atoms with Crippen LogP contribution in [0.3, 0.4) is 0 Å². The standard InChI is InChI=1S/C9H9N5.ClH/c10-8(7-4-2-1-3-5-7)13-9-11-6-12-14-9;/h1-6H,(H3,10,11,12,13,14);1H. The van der Waals surface area contributed by atoms with E-state index in [0.717, 1.165) is 5.56 Å². The normalized spacial score (nSPS) is 10.8. The summed E-state index contributed by atoms with van der Waals surface area (Å²) in [6.45, 7) is 0. The van der Waals surface area contributed by atoms with Crippen molar-refractivity contribution in [3.05, 3.63) is 42.2 Å². The van der Waals surface area contributed by atoms with Gasteiger partial charge in [0.1, 0.15) is 12.2 Å². The molecule has 5 nitrogen and oxygen atoms in total. The SMILES string of the molecule is Cl.N/C(=N\c1ncn[nH]1)c1ccccc1. The zero-order valence-electron chi connectivity index (χ0n) is 7.79. The molecule has 0 radical (unpaired) electrons. The number of amidine groups is 1. The second kappa shape index (κ2) is 5.11. The average molecular weight is 224 g/mol. The summed E-state index contributed by atoms with van der Waals surface area (Å²) in [6, 6.07) is 9.49. The van der Waals surface area contributed by atoms with Crippen LogP contribution >= 0.6 is 12.4 Å². The molecular formula is C9H10ClN5. The predicted octanol–water partition coefficient (Wildman–Crippen LogP) is 1.26. The van der Waals surface area contributed by atoms with Crippen molar-refractivity contribution in [1.29, 1.82) is 0 Å². The van der Waals surface area contributed by atoms with Gasteiger partial charge in [0, 0.05) is 5.56 Å². The van der Waals surface area contributed by atoms with Gasteiger partial charge in [0.25, 0.3) is 0 Å². The number of nitrogens with two attached hydrogens (primary N) is 1. The number of hydrogen-bond donors (Lipinski definition) is 2. The molecule has 2 aromatic rings. The first-order valence-corrected chi connectivity index (χ1v) is 4.11. The number of halogens is 1. The molecule has 0 amide bonds. The Morgan fingerprint density at radius 1 is 1.27 bits per heavy atom. The maximum Gasteiger partial charge on any atom is 0.247 e. The quantitative estimate of drug-likeness (QED) is 0.594. The van der Waals surface area contributed by atoms with E-state index in [1.807, 2.05) is 30.3 Å². The minimum Gasteiger partial charge on any atom is -0.383 e. The molecule has 0 unspecified atom stereocenters. The fourth-order valence-electron chi connectivity index (χ4n) is 1.04. The van der Waals surface area contributed by atoms with Crippen LogP contribution in [0.25, 0.3) is 0 Å². The first-order valence-electron chi connectivity index (χ1n) is 4.11. The molecule has 78 valence electrons. The Hall–Kier alpha value is -1.88. The van der Waals surface area contributed by atoms with Gasteiger partial charge in [-0.05, 0) is 0 Å². The van der Waals surface area contributed by atoms with Crippen molar-refractivity contribution in [2.75, 3.05) is 0 Å². The summed E-state index contributed by atoms with van der Waals surface area (Å²) in [5.41, 5.74) is 6.61. The molecule has 1 aromatic carbocycles. The van der Waals surface area contributed by atoms with Gasteiger partial charge in [0.2, 0.25) is 5.95 Å². The minimum atomic E-state index is 0. The van der Waals surface area contributed by atoms with E-state index in [2.05, 4.69) is 20.2 Å². The lowest BCUT2D eigenvalue weighted by molar-refractivity contribution is 1.08. The number of hydrogen-bond acceptors (Lipinski definition) is 3. The van der Waals surface area contributed by atoms with E-state index in [9.17, 15) is 0 Å². The summed E-state index contributed by atoms with van der Waals surface area (Å²) in [6.07, 6.45) is 1.39. The summed E-state index contributed by atoms with van der Waals surface area (Å²) in [5.74, 6) is 0.828. The minimum absolute atomic E-state index is 0. The van der Waals surface area contributed by atoms with E-state index >= 15 is 0 Å². The zero-order chi connectivity index (χ0) is 9.80. The molecule has 0 aliphatic carbocycles. The third-order valence-corrected chi connectivity index (χ3v) is 1.70. The number of nitrogens with one attached hydrogen (secondary N) is 1. The Bertz CT molecular complexity index is 423. The van der Waals surface area contributed by atoms with Crippen molar-refractivity contribution < 1.29 is 0 Å². The fraction of sp³-hybridized carbons (Fsp3) is 0. The number of aromatic amines is 1. The first-order chi connectivity index (χ1) is 6.86. The topological polar surface area (TPSA) is 79.9 Å². The second-order valence-electron chi connectivity index (χ2n) is 2.67. The van der Waals surface area contributed by atoms with Gasteiger partial charge in [-0.1, -0.05) is 30.3 Å². The van der Waals surface area contributed by atoms with Crippen LogP contribution in [0, 0.1) is 0 Å². The number of benzene rings is 1. The summed E-state index contributed by atoms with van der Waals surface area (Å²) >= 11 is 0. The third-order valence-electron chi connectivity index (χ3n) is 1.70. The molecule has 0 fully saturated rings. The number of nitrogens with zero attached hydrogens (tertiary/aromatic N) is 3. The van der Waals surface area contributed by atoms with Crippen molar-refractivity contribution in [2.24, 2.45) is 10.7 Å². The van der Waals surface area contributed by atoms with Crippen molar-refractivity contribution in [3.63, 3.8) is 0 Å². The van der Waals surface area contributed by atoms with Crippen molar-refractivity contribution >= 4 is 24.2 Å². The van der Waals surface area contributed by atoms with E-state index in [1.54, 1.807) is 0 Å². The van der Waals surface area contributed by atoms with Crippen LogP contribution in [0.5, 0.6) is 0 Å². The van der Waals surface area contributed by atoms with Gasteiger partial charge in [-0.2, -0.15) is 15.1 Å². The summed E-state index contributed by atoms with van der Waals surface area (Å²) in [7, 11) is 0. The second-order valence-corrected chi connectivity index (χ2v) is 2.67. The highest BCUT2D eigenvalue weighted by Crippen LogP contribution is 2.03. The molecule has 0 atom stereocenters. The molecule has 6 heteroatoms. The van der Waals surface area contributed by atoms with Gasteiger partial charge < -0.3 is 5.73 Å². The zero-order valence-corrected chi connectivity index (χ0v) is 8.61. The largest absolute Gasteiger partial charge is 0.383 e. The Labute approximate surface area is 92.9 Å². The highest BCUT2D eigenvalue weighted by atomic mass is 35.5. The molecule has 0 saturated heterocycles.